The maximum atomic E-state index is 12.0. The van der Waals surface area contributed by atoms with Crippen LogP contribution in [-0.2, 0) is 23.6 Å². The van der Waals surface area contributed by atoms with Crippen LogP contribution in [0.5, 0.6) is 5.75 Å². The van der Waals surface area contributed by atoms with Crippen LogP contribution in [0, 0.1) is 0 Å². The Morgan fingerprint density at radius 2 is 1.22 bits per heavy atom. The number of hydrogen-bond acceptors (Lipinski definition) is 5. The van der Waals surface area contributed by atoms with Gasteiger partial charge in [0, 0.05) is 35.6 Å². The number of rotatable bonds is 3. The summed E-state index contributed by atoms with van der Waals surface area (Å²) >= 11 is 0. The largest absolute Gasteiger partial charge is 2.00 e. The van der Waals surface area contributed by atoms with Crippen molar-refractivity contribution in [2.45, 2.75) is 6.54 Å². The quantitative estimate of drug-likeness (QED) is 0.197. The molecule has 7 heteroatoms. The van der Waals surface area contributed by atoms with E-state index in [0.717, 1.165) is 38.3 Å². The fraction of sp³-hybridized carbons (Fsp3) is 0.0345. The first-order valence-electron chi connectivity index (χ1n) is 11.0. The number of halogens is 1. The van der Waals surface area contributed by atoms with Gasteiger partial charge in [-0.25, -0.2) is 0 Å². The van der Waals surface area contributed by atoms with E-state index in [1.54, 1.807) is 30.9 Å². The number of aliphatic imine (C=N–C) groups is 1. The van der Waals surface area contributed by atoms with Crippen LogP contribution in [0.3, 0.4) is 0 Å². The van der Waals surface area contributed by atoms with Gasteiger partial charge in [0.05, 0.1) is 23.3 Å². The van der Waals surface area contributed by atoms with Crippen LogP contribution >= 0.6 is 0 Å². The molecule has 3 aromatic heterocycles. The van der Waals surface area contributed by atoms with E-state index in [-0.39, 0.29) is 35.2 Å². The molecule has 5 nitrogen and oxygen atoms in total. The number of fused-ring (bicyclic) bond motifs is 4. The second kappa shape index (κ2) is 12.8. The minimum absolute atomic E-state index is 0. The number of nitrogens with zero attached hydrogens (tertiary/aromatic N) is 4. The third-order valence-corrected chi connectivity index (χ3v) is 5.48. The van der Waals surface area contributed by atoms with Gasteiger partial charge in [0.1, 0.15) is 0 Å². The molecule has 0 fully saturated rings. The van der Waals surface area contributed by atoms with Crippen LogP contribution in [0.4, 0.5) is 0 Å². The van der Waals surface area contributed by atoms with E-state index in [0.29, 0.717) is 12.1 Å². The van der Waals surface area contributed by atoms with E-state index in [1.165, 1.54) is 0 Å². The number of pyridine rings is 3. The second-order valence-electron chi connectivity index (χ2n) is 7.71. The van der Waals surface area contributed by atoms with Crippen LogP contribution < -0.4 is 17.5 Å². The maximum Gasteiger partial charge on any atom is 2.00 e. The molecule has 0 atom stereocenters. The van der Waals surface area contributed by atoms with Gasteiger partial charge in [-0.1, -0.05) is 72.5 Å². The summed E-state index contributed by atoms with van der Waals surface area (Å²) in [6, 6.07) is 29.1. The van der Waals surface area contributed by atoms with Gasteiger partial charge >= 0.3 is 17.1 Å². The fourth-order valence-corrected chi connectivity index (χ4v) is 3.81. The molecule has 0 unspecified atom stereocenters. The molecule has 181 valence electrons. The molecule has 0 bridgehead atoms. The van der Waals surface area contributed by atoms with Gasteiger partial charge in [0.25, 0.3) is 0 Å². The molecule has 0 N–H and O–H groups in total. The molecule has 3 heterocycles. The summed E-state index contributed by atoms with van der Waals surface area (Å²) in [5.41, 5.74) is 3.48. The molecule has 0 amide bonds. The summed E-state index contributed by atoms with van der Waals surface area (Å²) in [4.78, 5) is 17.2. The van der Waals surface area contributed by atoms with E-state index < -0.39 is 0 Å². The average molecular weight is 541 g/mol. The number of aromatic nitrogens is 3. The average Bonchev–Trinajstić information content (AvgIpc) is 2.91. The van der Waals surface area contributed by atoms with Gasteiger partial charge < -0.3 is 17.5 Å². The first-order chi connectivity index (χ1) is 16.8. The molecule has 0 aliphatic rings. The molecular formula is C29H21ClCuN4O. The van der Waals surface area contributed by atoms with E-state index in [2.05, 4.69) is 44.2 Å². The van der Waals surface area contributed by atoms with Crippen LogP contribution in [0.25, 0.3) is 32.6 Å². The van der Waals surface area contributed by atoms with Crippen LogP contribution in [0.1, 0.15) is 11.3 Å². The number of benzene rings is 3. The van der Waals surface area contributed by atoms with E-state index in [1.807, 2.05) is 60.7 Å². The summed E-state index contributed by atoms with van der Waals surface area (Å²) < 4.78 is 0. The zero-order chi connectivity index (χ0) is 23.2. The molecule has 1 radical (unpaired) electrons. The molecule has 6 rings (SSSR count). The minimum atomic E-state index is -0.00605. The van der Waals surface area contributed by atoms with Crippen molar-refractivity contribution < 1.29 is 34.6 Å². The Labute approximate surface area is 225 Å². The van der Waals surface area contributed by atoms with Crippen LogP contribution in [0.2, 0.25) is 0 Å². The molecule has 0 aliphatic heterocycles. The van der Waals surface area contributed by atoms with Crippen LogP contribution in [-0.4, -0.2) is 21.2 Å². The Morgan fingerprint density at radius 1 is 0.639 bits per heavy atom. The Balaban J connectivity index is 0.000000200. The Bertz CT molecular complexity index is 1550. The van der Waals surface area contributed by atoms with Crippen molar-refractivity contribution in [2.24, 2.45) is 4.99 Å². The van der Waals surface area contributed by atoms with Gasteiger partial charge in [0.15, 0.2) is 0 Å². The van der Waals surface area contributed by atoms with Crippen molar-refractivity contribution in [3.63, 3.8) is 0 Å². The standard InChI is InChI=1S/C17H14N2O.C12H8N2.ClH.Cu/c20-17-9-8-13-5-1-2-7-15(13)16(17)12-18-11-14-6-3-4-10-19-14;1-3-9-5-6-10-4-2-8-14-12(10)11(9)13-7-1;;/h1-10,12,20H,11H2;1-8H;1H;/q;;;+2/p-2. The Hall–Kier alpha value is -3.83. The summed E-state index contributed by atoms with van der Waals surface area (Å²) in [7, 11) is 0. The first kappa shape index (κ1) is 26.8. The molecule has 0 spiro atoms. The van der Waals surface area contributed by atoms with Crippen molar-refractivity contribution in [3.05, 3.63) is 121 Å². The summed E-state index contributed by atoms with van der Waals surface area (Å²) in [5.74, 6) is -0.00605. The van der Waals surface area contributed by atoms with Gasteiger partial charge in [0.2, 0.25) is 0 Å². The molecule has 0 saturated carbocycles. The predicted octanol–water partition coefficient (Wildman–Crippen LogP) is 2.71. The topological polar surface area (TPSA) is 74.1 Å². The smallest absolute Gasteiger partial charge is 1.00 e. The van der Waals surface area contributed by atoms with Crippen molar-refractivity contribution in [3.8, 4) is 5.75 Å². The first-order valence-corrected chi connectivity index (χ1v) is 11.0. The second-order valence-corrected chi connectivity index (χ2v) is 7.71. The summed E-state index contributed by atoms with van der Waals surface area (Å²) in [5, 5.41) is 16.2. The normalized spacial score (nSPS) is 10.4. The molecular weight excluding hydrogens is 519 g/mol. The van der Waals surface area contributed by atoms with E-state index >= 15 is 0 Å². The summed E-state index contributed by atoms with van der Waals surface area (Å²) in [6.45, 7) is 0.476. The van der Waals surface area contributed by atoms with Crippen molar-refractivity contribution in [1.82, 2.24) is 15.0 Å². The zero-order valence-corrected chi connectivity index (χ0v) is 20.8. The molecule has 3 aromatic carbocycles. The molecule has 36 heavy (non-hydrogen) atoms. The Kier molecular flexibility index (Phi) is 9.48. The van der Waals surface area contributed by atoms with Crippen molar-refractivity contribution >= 4 is 38.8 Å². The third kappa shape index (κ3) is 6.04. The van der Waals surface area contributed by atoms with Crippen molar-refractivity contribution in [1.29, 1.82) is 0 Å². The SMILES string of the molecule is [Cl-].[Cu+2].[O-]c1ccc2ccccc2c1C=NCc1ccccn1.c1cnc2c(c1)ccc1cccnc12. The zero-order valence-electron chi connectivity index (χ0n) is 19.1. The van der Waals surface area contributed by atoms with Gasteiger partial charge in [-0.15, -0.1) is 0 Å². The number of hydrogen-bond donors (Lipinski definition) is 0. The summed E-state index contributed by atoms with van der Waals surface area (Å²) in [6.07, 6.45) is 6.99. The van der Waals surface area contributed by atoms with Gasteiger partial charge in [-0.2, -0.15) is 0 Å². The van der Waals surface area contributed by atoms with E-state index in [4.69, 9.17) is 0 Å². The molecule has 0 aliphatic carbocycles. The monoisotopic (exact) mass is 539 g/mol. The van der Waals surface area contributed by atoms with Crippen LogP contribution in [0.15, 0.2) is 115 Å². The predicted molar refractivity (Wildman–Crippen MR) is 136 cm³/mol. The third-order valence-electron chi connectivity index (χ3n) is 5.48. The molecule has 0 saturated heterocycles. The van der Waals surface area contributed by atoms with E-state index in [9.17, 15) is 5.11 Å². The van der Waals surface area contributed by atoms with Crippen molar-refractivity contribution in [2.75, 3.05) is 0 Å². The fourth-order valence-electron chi connectivity index (χ4n) is 3.81. The van der Waals surface area contributed by atoms with Gasteiger partial charge in [-0.3, -0.25) is 19.9 Å². The molecule has 6 aromatic rings. The maximum absolute atomic E-state index is 12.0. The van der Waals surface area contributed by atoms with Gasteiger partial charge in [-0.05, 0) is 40.6 Å². The minimum Gasteiger partial charge on any atom is -1.00 e. The Morgan fingerprint density at radius 3 is 1.89 bits per heavy atom.